The minimum absolute atomic E-state index is 0.0653. The third kappa shape index (κ3) is 3.76. The highest BCUT2D eigenvalue weighted by Gasteiger charge is 2.17. The van der Waals surface area contributed by atoms with Crippen LogP contribution < -0.4 is 10.1 Å². The Kier molecular flexibility index (Phi) is 4.98. The quantitative estimate of drug-likeness (QED) is 0.886. The summed E-state index contributed by atoms with van der Waals surface area (Å²) >= 11 is 0. The van der Waals surface area contributed by atoms with Crippen LogP contribution in [0.4, 0.5) is 10.5 Å². The largest absolute Gasteiger partial charge is 0.495 e. The minimum atomic E-state index is -1.17. The maximum absolute atomic E-state index is 11.8. The summed E-state index contributed by atoms with van der Waals surface area (Å²) in [5, 5.41) is 11.6. The van der Waals surface area contributed by atoms with E-state index in [1.54, 1.807) is 6.07 Å². The number of carboxylic acids is 1. The highest BCUT2D eigenvalue weighted by atomic mass is 16.5. The van der Waals surface area contributed by atoms with Crippen molar-refractivity contribution in [2.75, 3.05) is 12.4 Å². The van der Waals surface area contributed by atoms with Gasteiger partial charge in [0.1, 0.15) is 18.0 Å². The Bertz CT molecular complexity index is 669. The molecule has 2 aromatic rings. The number of carboxylic acid groups (broad SMARTS) is 1. The summed E-state index contributed by atoms with van der Waals surface area (Å²) in [6, 6.07) is 13.6. The van der Waals surface area contributed by atoms with E-state index in [4.69, 9.17) is 14.6 Å². The summed E-state index contributed by atoms with van der Waals surface area (Å²) in [6.07, 6.45) is -0.754. The van der Waals surface area contributed by atoms with Gasteiger partial charge in [-0.2, -0.15) is 0 Å². The van der Waals surface area contributed by atoms with E-state index in [1.165, 1.54) is 19.2 Å². The van der Waals surface area contributed by atoms with Crippen LogP contribution in [0.25, 0.3) is 0 Å². The number of benzene rings is 2. The third-order valence-electron chi connectivity index (χ3n) is 2.92. The first-order valence-corrected chi connectivity index (χ1v) is 6.50. The Balaban J connectivity index is 2.09. The van der Waals surface area contributed by atoms with Gasteiger partial charge in [-0.25, -0.2) is 9.59 Å². The average Bonchev–Trinajstić information content (AvgIpc) is 2.54. The predicted molar refractivity (Wildman–Crippen MR) is 80.2 cm³/mol. The van der Waals surface area contributed by atoms with E-state index in [0.717, 1.165) is 5.56 Å². The smallest absolute Gasteiger partial charge is 0.412 e. The van der Waals surface area contributed by atoms with Crippen LogP contribution in [0.15, 0.2) is 48.5 Å². The second kappa shape index (κ2) is 7.12. The molecule has 0 aliphatic rings. The molecular weight excluding hydrogens is 286 g/mol. The molecule has 0 saturated carbocycles. The van der Waals surface area contributed by atoms with Crippen molar-refractivity contribution in [3.8, 4) is 5.75 Å². The zero-order chi connectivity index (χ0) is 15.9. The van der Waals surface area contributed by atoms with Crippen molar-refractivity contribution in [1.82, 2.24) is 0 Å². The van der Waals surface area contributed by atoms with Crippen molar-refractivity contribution in [2.24, 2.45) is 0 Å². The van der Waals surface area contributed by atoms with Gasteiger partial charge in [0.2, 0.25) is 0 Å². The monoisotopic (exact) mass is 301 g/mol. The standard InChI is InChI=1S/C16H15NO5/c1-21-13-9-5-8-12(15(18)19)14(13)17-16(20)22-10-11-6-3-2-4-7-11/h2-9H,10H2,1H3,(H,17,20)(H,18,19). The number of hydrogen-bond acceptors (Lipinski definition) is 4. The van der Waals surface area contributed by atoms with E-state index < -0.39 is 12.1 Å². The molecule has 0 aliphatic heterocycles. The van der Waals surface area contributed by atoms with Gasteiger partial charge in [-0.15, -0.1) is 0 Å². The lowest BCUT2D eigenvalue weighted by Gasteiger charge is -2.13. The van der Waals surface area contributed by atoms with E-state index in [-0.39, 0.29) is 23.6 Å². The van der Waals surface area contributed by atoms with Gasteiger partial charge in [-0.05, 0) is 17.7 Å². The summed E-state index contributed by atoms with van der Waals surface area (Å²) in [5.41, 5.74) is 0.822. The van der Waals surface area contributed by atoms with E-state index >= 15 is 0 Å². The Hall–Kier alpha value is -3.02. The first kappa shape index (κ1) is 15.4. The number of ether oxygens (including phenoxy) is 2. The number of carbonyl (C=O) groups is 2. The zero-order valence-corrected chi connectivity index (χ0v) is 11.9. The highest BCUT2D eigenvalue weighted by Crippen LogP contribution is 2.28. The summed E-state index contributed by atoms with van der Waals surface area (Å²) in [4.78, 5) is 23.1. The van der Waals surface area contributed by atoms with Gasteiger partial charge in [0.15, 0.2) is 0 Å². The van der Waals surface area contributed by atoms with Crippen molar-refractivity contribution in [3.63, 3.8) is 0 Å². The Labute approximate surface area is 127 Å². The predicted octanol–water partition coefficient (Wildman–Crippen LogP) is 3.14. The topological polar surface area (TPSA) is 84.9 Å². The van der Waals surface area contributed by atoms with Gasteiger partial charge in [-0.3, -0.25) is 5.32 Å². The van der Waals surface area contributed by atoms with Gasteiger partial charge < -0.3 is 14.6 Å². The molecule has 6 heteroatoms. The molecule has 0 fully saturated rings. The first-order valence-electron chi connectivity index (χ1n) is 6.50. The van der Waals surface area contributed by atoms with Crippen molar-refractivity contribution in [3.05, 3.63) is 59.7 Å². The van der Waals surface area contributed by atoms with Crippen LogP contribution in [-0.4, -0.2) is 24.3 Å². The van der Waals surface area contributed by atoms with Crippen molar-refractivity contribution in [1.29, 1.82) is 0 Å². The maximum Gasteiger partial charge on any atom is 0.412 e. The molecule has 2 rings (SSSR count). The van der Waals surface area contributed by atoms with E-state index in [2.05, 4.69) is 5.32 Å². The molecular formula is C16H15NO5. The van der Waals surface area contributed by atoms with Gasteiger partial charge in [0, 0.05) is 0 Å². The number of amides is 1. The van der Waals surface area contributed by atoms with Crippen LogP contribution in [0.3, 0.4) is 0 Å². The van der Waals surface area contributed by atoms with Crippen LogP contribution in [0.1, 0.15) is 15.9 Å². The number of carbonyl (C=O) groups excluding carboxylic acids is 1. The molecule has 0 heterocycles. The van der Waals surface area contributed by atoms with E-state index in [0.29, 0.717) is 0 Å². The molecule has 1 amide bonds. The molecule has 22 heavy (non-hydrogen) atoms. The molecule has 0 atom stereocenters. The normalized spacial score (nSPS) is 9.86. The van der Waals surface area contributed by atoms with Gasteiger partial charge in [-0.1, -0.05) is 36.4 Å². The molecule has 0 bridgehead atoms. The molecule has 0 aromatic heterocycles. The lowest BCUT2D eigenvalue weighted by molar-refractivity contribution is 0.0697. The second-order valence-electron chi connectivity index (χ2n) is 4.37. The minimum Gasteiger partial charge on any atom is -0.495 e. The molecule has 0 aliphatic carbocycles. The lowest BCUT2D eigenvalue weighted by Crippen LogP contribution is -2.16. The molecule has 0 radical (unpaired) electrons. The number of para-hydroxylation sites is 1. The third-order valence-corrected chi connectivity index (χ3v) is 2.92. The number of methoxy groups -OCH3 is 1. The van der Waals surface area contributed by atoms with Gasteiger partial charge in [0.05, 0.1) is 12.7 Å². The number of hydrogen-bond donors (Lipinski definition) is 2. The van der Waals surface area contributed by atoms with Crippen LogP contribution in [-0.2, 0) is 11.3 Å². The highest BCUT2D eigenvalue weighted by molar-refractivity contribution is 6.00. The van der Waals surface area contributed by atoms with Crippen molar-refractivity contribution < 1.29 is 24.2 Å². The van der Waals surface area contributed by atoms with Gasteiger partial charge in [0.25, 0.3) is 0 Å². The Morgan fingerprint density at radius 3 is 2.45 bits per heavy atom. The Morgan fingerprint density at radius 2 is 1.82 bits per heavy atom. The van der Waals surface area contributed by atoms with Crippen LogP contribution in [0, 0.1) is 0 Å². The number of anilines is 1. The van der Waals surface area contributed by atoms with Crippen LogP contribution >= 0.6 is 0 Å². The summed E-state index contributed by atoms with van der Waals surface area (Å²) in [7, 11) is 1.39. The number of aromatic carboxylic acids is 1. The number of rotatable bonds is 5. The molecule has 2 N–H and O–H groups in total. The molecule has 0 unspecified atom stereocenters. The average molecular weight is 301 g/mol. The fourth-order valence-electron chi connectivity index (χ4n) is 1.87. The molecule has 2 aromatic carbocycles. The summed E-state index contributed by atoms with van der Waals surface area (Å²) < 4.78 is 10.1. The molecule has 6 nitrogen and oxygen atoms in total. The van der Waals surface area contributed by atoms with Crippen molar-refractivity contribution in [2.45, 2.75) is 6.61 Å². The summed E-state index contributed by atoms with van der Waals surface area (Å²) in [6.45, 7) is 0.0875. The lowest BCUT2D eigenvalue weighted by atomic mass is 10.1. The van der Waals surface area contributed by atoms with Crippen LogP contribution in [0.2, 0.25) is 0 Å². The van der Waals surface area contributed by atoms with E-state index in [1.807, 2.05) is 30.3 Å². The zero-order valence-electron chi connectivity index (χ0n) is 11.9. The second-order valence-corrected chi connectivity index (χ2v) is 4.37. The maximum atomic E-state index is 11.8. The molecule has 0 spiro atoms. The molecule has 114 valence electrons. The van der Waals surface area contributed by atoms with E-state index in [9.17, 15) is 9.59 Å². The fourth-order valence-corrected chi connectivity index (χ4v) is 1.87. The van der Waals surface area contributed by atoms with Crippen molar-refractivity contribution >= 4 is 17.7 Å². The SMILES string of the molecule is COc1cccc(C(=O)O)c1NC(=O)OCc1ccccc1. The molecule has 0 saturated heterocycles. The number of nitrogens with one attached hydrogen (secondary N) is 1. The first-order chi connectivity index (χ1) is 10.6. The summed E-state index contributed by atoms with van der Waals surface area (Å²) in [5.74, 6) is -0.922. The fraction of sp³-hybridized carbons (Fsp3) is 0.125. The van der Waals surface area contributed by atoms with Gasteiger partial charge >= 0.3 is 12.1 Å². The van der Waals surface area contributed by atoms with Crippen LogP contribution in [0.5, 0.6) is 5.75 Å². The Morgan fingerprint density at radius 1 is 1.09 bits per heavy atom.